The molecular formula is C18H17F3N4O4S. The van der Waals surface area contributed by atoms with Gasteiger partial charge in [0.15, 0.2) is 0 Å². The zero-order valence-corrected chi connectivity index (χ0v) is 16.5. The first-order valence-electron chi connectivity index (χ1n) is 8.71. The monoisotopic (exact) mass is 442 g/mol. The fourth-order valence-electron chi connectivity index (χ4n) is 2.86. The maximum Gasteiger partial charge on any atom is 0.433 e. The van der Waals surface area contributed by atoms with Gasteiger partial charge in [-0.2, -0.15) is 17.5 Å². The number of aryl methyl sites for hydroxylation is 1. The van der Waals surface area contributed by atoms with E-state index in [1.165, 1.54) is 31.2 Å². The number of aromatic nitrogens is 1. The Kier molecular flexibility index (Phi) is 5.81. The third kappa shape index (κ3) is 4.60. The number of hydrogen-bond donors (Lipinski definition) is 2. The fourth-order valence-corrected chi connectivity index (χ4v) is 4.30. The van der Waals surface area contributed by atoms with Crippen LogP contribution in [0.4, 0.5) is 18.9 Å². The summed E-state index contributed by atoms with van der Waals surface area (Å²) < 4.78 is 64.7. The predicted octanol–water partition coefficient (Wildman–Crippen LogP) is 1.78. The molecule has 1 aromatic carbocycles. The zero-order chi connectivity index (χ0) is 22.1. The average Bonchev–Trinajstić information content (AvgIpc) is 2.67. The highest BCUT2D eigenvalue weighted by Crippen LogP contribution is 2.28. The SMILES string of the molecule is Cc1nc(C(F)(F)F)ccc1C(=O)Nc1cccc(S(=O)(=O)N2CCNC(=O)C2)c1. The number of halogens is 3. The molecule has 2 amide bonds. The first kappa shape index (κ1) is 21.7. The predicted molar refractivity (Wildman–Crippen MR) is 100 cm³/mol. The van der Waals surface area contributed by atoms with Gasteiger partial charge in [0, 0.05) is 18.8 Å². The van der Waals surface area contributed by atoms with E-state index in [2.05, 4.69) is 15.6 Å². The van der Waals surface area contributed by atoms with Crippen molar-refractivity contribution >= 4 is 27.5 Å². The van der Waals surface area contributed by atoms with Crippen molar-refractivity contribution in [2.75, 3.05) is 25.0 Å². The summed E-state index contributed by atoms with van der Waals surface area (Å²) in [6.45, 7) is 1.26. The number of carbonyl (C=O) groups excluding carboxylic acids is 2. The second-order valence-corrected chi connectivity index (χ2v) is 8.44. The topological polar surface area (TPSA) is 108 Å². The Bertz CT molecular complexity index is 1100. The number of sulfonamides is 1. The van der Waals surface area contributed by atoms with Crippen molar-refractivity contribution in [2.24, 2.45) is 0 Å². The number of nitrogens with one attached hydrogen (secondary N) is 2. The Hall–Kier alpha value is -2.99. The Morgan fingerprint density at radius 1 is 1.23 bits per heavy atom. The van der Waals surface area contributed by atoms with Crippen molar-refractivity contribution in [1.82, 2.24) is 14.6 Å². The molecule has 1 saturated heterocycles. The molecule has 0 bridgehead atoms. The Labute approximate surface area is 170 Å². The lowest BCUT2D eigenvalue weighted by Crippen LogP contribution is -2.49. The highest BCUT2D eigenvalue weighted by atomic mass is 32.2. The molecule has 0 atom stereocenters. The molecule has 1 aliphatic rings. The van der Waals surface area contributed by atoms with Crippen LogP contribution in [0.5, 0.6) is 0 Å². The summed E-state index contributed by atoms with van der Waals surface area (Å²) in [4.78, 5) is 27.2. The molecule has 0 saturated carbocycles. The van der Waals surface area contributed by atoms with Crippen LogP contribution in [0.15, 0.2) is 41.3 Å². The van der Waals surface area contributed by atoms with Crippen LogP contribution >= 0.6 is 0 Å². The standard InChI is InChI=1S/C18H17F3N4O4S/c1-11-14(5-6-15(23-11)18(19,20)21)17(27)24-12-3-2-4-13(9-12)30(28,29)25-8-7-22-16(26)10-25/h2-6,9H,7-8,10H2,1H3,(H,22,26)(H,24,27). The molecule has 8 nitrogen and oxygen atoms in total. The summed E-state index contributed by atoms with van der Waals surface area (Å²) in [5.41, 5.74) is -1.19. The van der Waals surface area contributed by atoms with Gasteiger partial charge in [-0.05, 0) is 37.3 Å². The van der Waals surface area contributed by atoms with E-state index in [0.29, 0.717) is 6.07 Å². The van der Waals surface area contributed by atoms with E-state index in [1.807, 2.05) is 0 Å². The molecule has 3 rings (SSSR count). The minimum absolute atomic E-state index is 0.0797. The molecule has 0 unspecified atom stereocenters. The van der Waals surface area contributed by atoms with E-state index in [1.54, 1.807) is 0 Å². The third-order valence-electron chi connectivity index (χ3n) is 4.35. The number of carbonyl (C=O) groups is 2. The Morgan fingerprint density at radius 2 is 1.97 bits per heavy atom. The van der Waals surface area contributed by atoms with Crippen molar-refractivity contribution in [2.45, 2.75) is 18.0 Å². The number of hydrogen-bond acceptors (Lipinski definition) is 5. The van der Waals surface area contributed by atoms with Crippen LogP contribution < -0.4 is 10.6 Å². The lowest BCUT2D eigenvalue weighted by molar-refractivity contribution is -0.141. The minimum atomic E-state index is -4.63. The van der Waals surface area contributed by atoms with E-state index in [0.717, 1.165) is 10.4 Å². The van der Waals surface area contributed by atoms with Gasteiger partial charge in [0.05, 0.1) is 22.7 Å². The summed E-state index contributed by atoms with van der Waals surface area (Å²) in [5, 5.41) is 4.99. The number of nitrogens with zero attached hydrogens (tertiary/aromatic N) is 2. The van der Waals surface area contributed by atoms with Crippen LogP contribution in [0.2, 0.25) is 0 Å². The number of pyridine rings is 1. The number of piperazine rings is 1. The quantitative estimate of drug-likeness (QED) is 0.751. The van der Waals surface area contributed by atoms with Crippen molar-refractivity contribution in [3.63, 3.8) is 0 Å². The van der Waals surface area contributed by atoms with Gasteiger partial charge in [0.1, 0.15) is 5.69 Å². The molecule has 1 aliphatic heterocycles. The van der Waals surface area contributed by atoms with E-state index in [9.17, 15) is 31.2 Å². The number of alkyl halides is 3. The van der Waals surface area contributed by atoms with Crippen LogP contribution in [0, 0.1) is 6.92 Å². The van der Waals surface area contributed by atoms with Gasteiger partial charge < -0.3 is 10.6 Å². The highest BCUT2D eigenvalue weighted by molar-refractivity contribution is 7.89. The van der Waals surface area contributed by atoms with Crippen LogP contribution in [0.1, 0.15) is 21.7 Å². The minimum Gasteiger partial charge on any atom is -0.354 e. The highest BCUT2D eigenvalue weighted by Gasteiger charge is 2.33. The number of anilines is 1. The first-order valence-corrected chi connectivity index (χ1v) is 10.2. The molecule has 12 heteroatoms. The van der Waals surface area contributed by atoms with Crippen molar-refractivity contribution in [3.05, 3.63) is 53.3 Å². The molecule has 30 heavy (non-hydrogen) atoms. The van der Waals surface area contributed by atoms with Crippen molar-refractivity contribution < 1.29 is 31.2 Å². The summed E-state index contributed by atoms with van der Waals surface area (Å²) in [6, 6.07) is 7.09. The van der Waals surface area contributed by atoms with Gasteiger partial charge in [0.25, 0.3) is 5.91 Å². The molecule has 0 spiro atoms. The summed E-state index contributed by atoms with van der Waals surface area (Å²) in [7, 11) is -3.96. The van der Waals surface area contributed by atoms with E-state index in [-0.39, 0.29) is 41.5 Å². The van der Waals surface area contributed by atoms with Gasteiger partial charge in [-0.25, -0.2) is 13.4 Å². The maximum absolute atomic E-state index is 12.7. The second-order valence-electron chi connectivity index (χ2n) is 6.50. The summed E-state index contributed by atoms with van der Waals surface area (Å²) in [6.07, 6.45) is -4.63. The maximum atomic E-state index is 12.7. The van der Waals surface area contributed by atoms with Gasteiger partial charge in [-0.15, -0.1) is 0 Å². The number of amides is 2. The van der Waals surface area contributed by atoms with Gasteiger partial charge >= 0.3 is 6.18 Å². The van der Waals surface area contributed by atoms with Gasteiger partial charge in [-0.3, -0.25) is 9.59 Å². The van der Waals surface area contributed by atoms with Crippen LogP contribution in [-0.4, -0.2) is 49.2 Å². The molecular weight excluding hydrogens is 425 g/mol. The third-order valence-corrected chi connectivity index (χ3v) is 6.20. The van der Waals surface area contributed by atoms with Crippen molar-refractivity contribution in [3.8, 4) is 0 Å². The zero-order valence-electron chi connectivity index (χ0n) is 15.7. The smallest absolute Gasteiger partial charge is 0.354 e. The molecule has 2 heterocycles. The largest absolute Gasteiger partial charge is 0.433 e. The normalized spacial score (nSPS) is 15.5. The summed E-state index contributed by atoms with van der Waals surface area (Å²) in [5.74, 6) is -1.15. The molecule has 1 aromatic heterocycles. The van der Waals surface area contributed by atoms with Crippen molar-refractivity contribution in [1.29, 1.82) is 0 Å². The van der Waals surface area contributed by atoms with E-state index < -0.39 is 33.7 Å². The lowest BCUT2D eigenvalue weighted by Gasteiger charge is -2.26. The fraction of sp³-hybridized carbons (Fsp3) is 0.278. The molecule has 160 valence electrons. The molecule has 2 N–H and O–H groups in total. The van der Waals surface area contributed by atoms with Gasteiger partial charge in [0.2, 0.25) is 15.9 Å². The van der Waals surface area contributed by atoms with E-state index >= 15 is 0 Å². The number of benzene rings is 1. The van der Waals surface area contributed by atoms with Crippen LogP contribution in [0.3, 0.4) is 0 Å². The Morgan fingerprint density at radius 3 is 2.60 bits per heavy atom. The first-order chi connectivity index (χ1) is 14.0. The van der Waals surface area contributed by atoms with Crippen LogP contribution in [-0.2, 0) is 21.0 Å². The lowest BCUT2D eigenvalue weighted by atomic mass is 10.1. The molecule has 0 radical (unpaired) electrons. The molecule has 2 aromatic rings. The van der Waals surface area contributed by atoms with Gasteiger partial charge in [-0.1, -0.05) is 6.07 Å². The summed E-state index contributed by atoms with van der Waals surface area (Å²) >= 11 is 0. The second kappa shape index (κ2) is 8.03. The average molecular weight is 442 g/mol. The van der Waals surface area contributed by atoms with E-state index in [4.69, 9.17) is 0 Å². The van der Waals surface area contributed by atoms with Crippen LogP contribution in [0.25, 0.3) is 0 Å². The molecule has 0 aliphatic carbocycles. The Balaban J connectivity index is 1.82. The molecule has 1 fully saturated rings. The number of rotatable bonds is 4.